The molecule has 0 atom stereocenters. The monoisotopic (exact) mass is 284 g/mol. The van der Waals surface area contributed by atoms with E-state index >= 15 is 0 Å². The number of nitrogens with one attached hydrogen (secondary N) is 1. The second kappa shape index (κ2) is 4.36. The van der Waals surface area contributed by atoms with Gasteiger partial charge >= 0.3 is 0 Å². The molecule has 0 aromatic heterocycles. The van der Waals surface area contributed by atoms with Crippen LogP contribution in [0.5, 0.6) is 11.5 Å². The van der Waals surface area contributed by atoms with Crippen LogP contribution < -0.4 is 19.9 Å². The second-order valence-corrected chi connectivity index (χ2v) is 6.70. The lowest BCUT2D eigenvalue weighted by Gasteiger charge is -2.32. The van der Waals surface area contributed by atoms with Crippen molar-refractivity contribution in [3.8, 4) is 11.5 Å². The van der Waals surface area contributed by atoms with Crippen molar-refractivity contribution in [3.63, 3.8) is 0 Å². The van der Waals surface area contributed by atoms with E-state index in [2.05, 4.69) is 4.72 Å². The van der Waals surface area contributed by atoms with Gasteiger partial charge in [-0.25, -0.2) is 13.1 Å². The smallest absolute Gasteiger partial charge is 0.241 e. The molecule has 0 unspecified atom stereocenters. The summed E-state index contributed by atoms with van der Waals surface area (Å²) in [5, 5.41) is 0. The maximum atomic E-state index is 12.3. The zero-order valence-corrected chi connectivity index (χ0v) is 11.4. The molecule has 104 valence electrons. The molecule has 3 rings (SSSR count). The van der Waals surface area contributed by atoms with Crippen LogP contribution in [0.1, 0.15) is 18.4 Å². The third-order valence-electron chi connectivity index (χ3n) is 3.46. The molecule has 3 N–H and O–H groups in total. The van der Waals surface area contributed by atoms with Crippen molar-refractivity contribution in [2.75, 3.05) is 6.79 Å². The first-order chi connectivity index (χ1) is 8.95. The maximum absolute atomic E-state index is 12.3. The van der Waals surface area contributed by atoms with E-state index in [1.165, 1.54) is 6.07 Å². The molecule has 0 spiro atoms. The number of rotatable bonds is 3. The average molecular weight is 284 g/mol. The average Bonchev–Trinajstić information content (AvgIpc) is 2.72. The fraction of sp³-hybridized carbons (Fsp3) is 0.500. The highest BCUT2D eigenvalue weighted by atomic mass is 32.2. The second-order valence-electron chi connectivity index (χ2n) is 5.02. The van der Waals surface area contributed by atoms with E-state index in [4.69, 9.17) is 15.2 Å². The summed E-state index contributed by atoms with van der Waals surface area (Å²) in [7, 11) is -3.54. The molecule has 6 nitrogen and oxygen atoms in total. The van der Waals surface area contributed by atoms with E-state index < -0.39 is 10.0 Å². The van der Waals surface area contributed by atoms with Crippen molar-refractivity contribution in [2.24, 2.45) is 5.73 Å². The summed E-state index contributed by atoms with van der Waals surface area (Å²) in [6.07, 6.45) is 1.37. The van der Waals surface area contributed by atoms with Gasteiger partial charge in [0.05, 0.1) is 4.90 Å². The van der Waals surface area contributed by atoms with E-state index in [1.807, 2.05) is 0 Å². The highest BCUT2D eigenvalue weighted by molar-refractivity contribution is 7.89. The number of sulfonamides is 1. The Bertz CT molecular complexity index is 608. The molecule has 0 radical (unpaired) electrons. The predicted molar refractivity (Wildman–Crippen MR) is 68.6 cm³/mol. The molecule has 0 bridgehead atoms. The van der Waals surface area contributed by atoms with E-state index in [0.29, 0.717) is 29.9 Å². The third-order valence-corrected chi connectivity index (χ3v) is 5.12. The standard InChI is InChI=1S/C12H16N2O4S/c1-7-2-10-11(18-6-17-10)5-12(7)19(15,16)14-9-3-8(13)4-9/h2,5,8-9,14H,3-4,6,13H2,1H3. The van der Waals surface area contributed by atoms with Crippen LogP contribution >= 0.6 is 0 Å². The third kappa shape index (κ3) is 2.29. The van der Waals surface area contributed by atoms with Crippen LogP contribution in [0.15, 0.2) is 17.0 Å². The number of aryl methyl sites for hydroxylation is 1. The van der Waals surface area contributed by atoms with Crippen molar-refractivity contribution in [3.05, 3.63) is 17.7 Å². The number of fused-ring (bicyclic) bond motifs is 1. The topological polar surface area (TPSA) is 90.7 Å². The van der Waals surface area contributed by atoms with Crippen LogP contribution in [0.3, 0.4) is 0 Å². The van der Waals surface area contributed by atoms with Gasteiger partial charge < -0.3 is 15.2 Å². The Morgan fingerprint density at radius 3 is 2.53 bits per heavy atom. The Kier molecular flexibility index (Phi) is 2.92. The van der Waals surface area contributed by atoms with Crippen LogP contribution in [0.4, 0.5) is 0 Å². The molecule has 1 fully saturated rings. The van der Waals surface area contributed by atoms with Gasteiger partial charge in [-0.2, -0.15) is 0 Å². The summed E-state index contributed by atoms with van der Waals surface area (Å²) < 4.78 is 37.7. The lowest BCUT2D eigenvalue weighted by atomic mass is 9.89. The summed E-state index contributed by atoms with van der Waals surface area (Å²) in [5.74, 6) is 1.05. The zero-order valence-electron chi connectivity index (χ0n) is 10.5. The van der Waals surface area contributed by atoms with Gasteiger partial charge in [0, 0.05) is 18.2 Å². The van der Waals surface area contributed by atoms with E-state index in [9.17, 15) is 8.42 Å². The fourth-order valence-corrected chi connectivity index (χ4v) is 3.86. The molecule has 1 aliphatic heterocycles. The van der Waals surface area contributed by atoms with E-state index in [0.717, 1.165) is 0 Å². The fourth-order valence-electron chi connectivity index (χ4n) is 2.36. The van der Waals surface area contributed by atoms with E-state index in [1.54, 1.807) is 13.0 Å². The Hall–Kier alpha value is -1.31. The van der Waals surface area contributed by atoms with Crippen LogP contribution in [0.25, 0.3) is 0 Å². The Morgan fingerprint density at radius 2 is 1.89 bits per heavy atom. The molecule has 2 aliphatic rings. The van der Waals surface area contributed by atoms with Gasteiger partial charge in [-0.3, -0.25) is 0 Å². The number of hydrogen-bond donors (Lipinski definition) is 2. The minimum atomic E-state index is -3.54. The molecule has 0 saturated heterocycles. The van der Waals surface area contributed by atoms with Crippen LogP contribution in [-0.4, -0.2) is 27.3 Å². The van der Waals surface area contributed by atoms with Gasteiger partial charge in [-0.15, -0.1) is 0 Å². The molecule has 1 aromatic rings. The summed E-state index contributed by atoms with van der Waals surface area (Å²) in [6.45, 7) is 1.87. The number of ether oxygens (including phenoxy) is 2. The Morgan fingerprint density at radius 1 is 1.26 bits per heavy atom. The molecular weight excluding hydrogens is 268 g/mol. The first-order valence-electron chi connectivity index (χ1n) is 6.14. The minimum absolute atomic E-state index is 0.0650. The zero-order chi connectivity index (χ0) is 13.6. The molecule has 1 aliphatic carbocycles. The van der Waals surface area contributed by atoms with Crippen molar-refractivity contribution < 1.29 is 17.9 Å². The Balaban J connectivity index is 1.88. The van der Waals surface area contributed by atoms with Gasteiger partial charge in [-0.1, -0.05) is 0 Å². The van der Waals surface area contributed by atoms with Crippen molar-refractivity contribution in [1.82, 2.24) is 4.72 Å². The van der Waals surface area contributed by atoms with Gasteiger partial charge in [0.2, 0.25) is 16.8 Å². The molecule has 1 aromatic carbocycles. The molecule has 1 saturated carbocycles. The maximum Gasteiger partial charge on any atom is 0.241 e. The summed E-state index contributed by atoms with van der Waals surface area (Å²) in [5.41, 5.74) is 6.30. The lowest BCUT2D eigenvalue weighted by molar-refractivity contribution is 0.174. The molecule has 1 heterocycles. The lowest BCUT2D eigenvalue weighted by Crippen LogP contribution is -2.50. The van der Waals surface area contributed by atoms with Gasteiger partial charge in [0.25, 0.3) is 0 Å². The minimum Gasteiger partial charge on any atom is -0.454 e. The van der Waals surface area contributed by atoms with Gasteiger partial charge in [0.1, 0.15) is 0 Å². The van der Waals surface area contributed by atoms with Gasteiger partial charge in [0.15, 0.2) is 11.5 Å². The number of benzene rings is 1. The first-order valence-corrected chi connectivity index (χ1v) is 7.62. The largest absolute Gasteiger partial charge is 0.454 e. The molecule has 19 heavy (non-hydrogen) atoms. The number of hydrogen-bond acceptors (Lipinski definition) is 5. The van der Waals surface area contributed by atoms with E-state index in [-0.39, 0.29) is 23.8 Å². The number of nitrogens with two attached hydrogens (primary N) is 1. The van der Waals surface area contributed by atoms with Crippen LogP contribution in [0, 0.1) is 6.92 Å². The van der Waals surface area contributed by atoms with Gasteiger partial charge in [-0.05, 0) is 31.4 Å². The molecule has 0 amide bonds. The van der Waals surface area contributed by atoms with Crippen LogP contribution in [-0.2, 0) is 10.0 Å². The van der Waals surface area contributed by atoms with Crippen LogP contribution in [0.2, 0.25) is 0 Å². The van der Waals surface area contributed by atoms with Crippen molar-refractivity contribution in [2.45, 2.75) is 36.7 Å². The summed E-state index contributed by atoms with van der Waals surface area (Å²) in [6, 6.07) is 3.23. The predicted octanol–water partition coefficient (Wildman–Crippen LogP) is 0.492. The molecule has 7 heteroatoms. The Labute approximate surface area is 111 Å². The quantitative estimate of drug-likeness (QED) is 0.843. The van der Waals surface area contributed by atoms with Crippen molar-refractivity contribution >= 4 is 10.0 Å². The SMILES string of the molecule is Cc1cc2c(cc1S(=O)(=O)NC1CC(N)C1)OCO2. The highest BCUT2D eigenvalue weighted by Gasteiger charge is 2.31. The summed E-state index contributed by atoms with van der Waals surface area (Å²) in [4.78, 5) is 0.234. The highest BCUT2D eigenvalue weighted by Crippen LogP contribution is 2.36. The summed E-state index contributed by atoms with van der Waals surface area (Å²) >= 11 is 0. The van der Waals surface area contributed by atoms with Crippen molar-refractivity contribution in [1.29, 1.82) is 0 Å². The first kappa shape index (κ1) is 12.7. The normalized spacial score (nSPS) is 25.2. The molecular formula is C12H16N2O4S.